The van der Waals surface area contributed by atoms with Crippen LogP contribution in [-0.2, 0) is 6.42 Å². The van der Waals surface area contributed by atoms with Gasteiger partial charge in [0.1, 0.15) is 11.6 Å². The monoisotopic (exact) mass is 454 g/mol. The molecule has 7 heteroatoms. The number of hydrogen-bond acceptors (Lipinski definition) is 5. The van der Waals surface area contributed by atoms with E-state index < -0.39 is 0 Å². The van der Waals surface area contributed by atoms with E-state index in [4.69, 9.17) is 9.97 Å². The number of unbranched alkanes of at least 4 members (excludes halogenated alkanes) is 1. The molecule has 0 spiro atoms. The first-order chi connectivity index (χ1) is 16.7. The lowest BCUT2D eigenvalue weighted by Crippen LogP contribution is -2.08. The van der Waals surface area contributed by atoms with Crippen LogP contribution in [0.25, 0.3) is 28.7 Å². The fourth-order valence-corrected chi connectivity index (χ4v) is 4.29. The second kappa shape index (κ2) is 9.95. The third kappa shape index (κ3) is 4.59. The Morgan fingerprint density at radius 3 is 2.74 bits per heavy atom. The van der Waals surface area contributed by atoms with Gasteiger partial charge in [0.2, 0.25) is 5.95 Å². The molecule has 4 aromatic rings. The quantitative estimate of drug-likeness (QED) is 0.333. The molecule has 1 unspecified atom stereocenters. The minimum Gasteiger partial charge on any atom is -0.354 e. The van der Waals surface area contributed by atoms with Gasteiger partial charge in [0.05, 0.1) is 28.8 Å². The number of anilines is 1. The summed E-state index contributed by atoms with van der Waals surface area (Å²) >= 11 is 0. The first kappa shape index (κ1) is 21.9. The van der Waals surface area contributed by atoms with Crippen LogP contribution in [0.1, 0.15) is 43.7 Å². The predicted octanol–water partition coefficient (Wildman–Crippen LogP) is 5.95. The molecule has 0 fully saturated rings. The highest BCUT2D eigenvalue weighted by atomic mass is 19.1. The van der Waals surface area contributed by atoms with Gasteiger partial charge in [0.25, 0.3) is 0 Å². The fourth-order valence-electron chi connectivity index (χ4n) is 4.29. The molecule has 0 amide bonds. The van der Waals surface area contributed by atoms with E-state index >= 15 is 0 Å². The molecule has 172 valence electrons. The molecule has 3 aromatic heterocycles. The van der Waals surface area contributed by atoms with Crippen molar-refractivity contribution in [3.05, 3.63) is 84.3 Å². The average Bonchev–Trinajstić information content (AvgIpc) is 3.44. The van der Waals surface area contributed by atoms with Crippen LogP contribution in [-0.4, -0.2) is 31.0 Å². The highest BCUT2D eigenvalue weighted by molar-refractivity contribution is 5.78. The lowest BCUT2D eigenvalue weighted by atomic mass is 10.1. The minimum atomic E-state index is -0.266. The molecular weight excluding hydrogens is 427 g/mol. The number of hydrogen-bond donors (Lipinski definition) is 1. The van der Waals surface area contributed by atoms with Crippen LogP contribution in [0.3, 0.4) is 0 Å². The number of nitrogens with zero attached hydrogens (tertiary/aromatic N) is 5. The molecule has 34 heavy (non-hydrogen) atoms. The van der Waals surface area contributed by atoms with E-state index in [2.05, 4.69) is 38.9 Å². The van der Waals surface area contributed by atoms with Crippen LogP contribution in [0.5, 0.6) is 0 Å². The van der Waals surface area contributed by atoms with Crippen molar-refractivity contribution < 1.29 is 4.39 Å². The van der Waals surface area contributed by atoms with Crippen molar-refractivity contribution in [2.45, 2.75) is 38.6 Å². The van der Waals surface area contributed by atoms with Crippen molar-refractivity contribution in [1.29, 1.82) is 0 Å². The zero-order valence-corrected chi connectivity index (χ0v) is 19.2. The van der Waals surface area contributed by atoms with Gasteiger partial charge in [-0.05, 0) is 61.4 Å². The molecule has 1 N–H and O–H groups in total. The van der Waals surface area contributed by atoms with E-state index in [0.717, 1.165) is 66.4 Å². The molecule has 1 aliphatic heterocycles. The smallest absolute Gasteiger partial charge is 0.223 e. The van der Waals surface area contributed by atoms with Crippen molar-refractivity contribution in [3.8, 4) is 22.6 Å². The SMILES string of the molecule is CCCCNc1nccc(-c2c(-c3ccc(F)cc3)nc3n2C(/C=C/c2ccccn2)CC3)n1. The Kier molecular flexibility index (Phi) is 6.42. The molecule has 0 saturated heterocycles. The second-order valence-corrected chi connectivity index (χ2v) is 8.37. The van der Waals surface area contributed by atoms with Crippen LogP contribution in [0, 0.1) is 5.82 Å². The van der Waals surface area contributed by atoms with Gasteiger partial charge >= 0.3 is 0 Å². The predicted molar refractivity (Wildman–Crippen MR) is 133 cm³/mol. The topological polar surface area (TPSA) is 68.5 Å². The Morgan fingerprint density at radius 1 is 1.06 bits per heavy atom. The summed E-state index contributed by atoms with van der Waals surface area (Å²) in [5.41, 5.74) is 4.32. The number of halogens is 1. The molecule has 4 heterocycles. The van der Waals surface area contributed by atoms with Crippen molar-refractivity contribution in [2.75, 3.05) is 11.9 Å². The number of rotatable bonds is 8. The van der Waals surface area contributed by atoms with Gasteiger partial charge in [-0.3, -0.25) is 4.98 Å². The minimum absolute atomic E-state index is 0.125. The zero-order chi connectivity index (χ0) is 23.3. The summed E-state index contributed by atoms with van der Waals surface area (Å²) in [4.78, 5) is 18.6. The number of nitrogens with one attached hydrogen (secondary N) is 1. The van der Waals surface area contributed by atoms with E-state index in [9.17, 15) is 4.39 Å². The van der Waals surface area contributed by atoms with Crippen LogP contribution in [0.15, 0.2) is 67.0 Å². The number of pyridine rings is 1. The third-order valence-electron chi connectivity index (χ3n) is 5.99. The van der Waals surface area contributed by atoms with Gasteiger partial charge in [-0.25, -0.2) is 19.3 Å². The van der Waals surface area contributed by atoms with Gasteiger partial charge in [0, 0.05) is 30.9 Å². The Bertz CT molecular complexity index is 1280. The maximum Gasteiger partial charge on any atom is 0.223 e. The molecule has 1 aliphatic rings. The molecule has 1 aromatic carbocycles. The number of imidazole rings is 1. The zero-order valence-electron chi connectivity index (χ0n) is 19.2. The lowest BCUT2D eigenvalue weighted by Gasteiger charge is -2.15. The molecule has 0 radical (unpaired) electrons. The summed E-state index contributed by atoms with van der Waals surface area (Å²) in [5.74, 6) is 1.34. The molecule has 0 saturated carbocycles. The van der Waals surface area contributed by atoms with Gasteiger partial charge in [0.15, 0.2) is 0 Å². The van der Waals surface area contributed by atoms with Crippen molar-refractivity contribution in [2.24, 2.45) is 0 Å². The Morgan fingerprint density at radius 2 is 1.94 bits per heavy atom. The molecule has 1 atom stereocenters. The summed E-state index contributed by atoms with van der Waals surface area (Å²) < 4.78 is 15.9. The van der Waals surface area contributed by atoms with E-state index in [0.29, 0.717) is 5.95 Å². The van der Waals surface area contributed by atoms with Crippen LogP contribution >= 0.6 is 0 Å². The first-order valence-corrected chi connectivity index (χ1v) is 11.8. The van der Waals surface area contributed by atoms with Gasteiger partial charge in [-0.15, -0.1) is 0 Å². The maximum atomic E-state index is 13.6. The Balaban J connectivity index is 1.58. The largest absolute Gasteiger partial charge is 0.354 e. The summed E-state index contributed by atoms with van der Waals surface area (Å²) in [6, 6.07) is 14.4. The number of benzene rings is 1. The standard InChI is InChI=1S/C27H27FN6/c1-2-3-16-30-27-31-18-15-23(32-27)26-25(19-7-9-20(28)10-8-19)33-24-14-13-22(34(24)26)12-11-21-6-4-5-17-29-21/h4-12,15,17-18,22H,2-3,13-14,16H2,1H3,(H,30,31,32)/b12-11+. The highest BCUT2D eigenvalue weighted by Crippen LogP contribution is 2.39. The van der Waals surface area contributed by atoms with Gasteiger partial charge in [-0.2, -0.15) is 0 Å². The summed E-state index contributed by atoms with van der Waals surface area (Å²) in [5, 5.41) is 3.32. The van der Waals surface area contributed by atoms with Crippen LogP contribution in [0.4, 0.5) is 10.3 Å². The first-order valence-electron chi connectivity index (χ1n) is 11.8. The van der Waals surface area contributed by atoms with Gasteiger partial charge in [-0.1, -0.05) is 25.5 Å². The molecule has 5 rings (SSSR count). The van der Waals surface area contributed by atoms with Crippen molar-refractivity contribution in [1.82, 2.24) is 24.5 Å². The van der Waals surface area contributed by atoms with E-state index in [1.807, 2.05) is 24.3 Å². The number of allylic oxidation sites excluding steroid dienone is 1. The van der Waals surface area contributed by atoms with Crippen molar-refractivity contribution in [3.63, 3.8) is 0 Å². The van der Waals surface area contributed by atoms with E-state index in [1.165, 1.54) is 12.1 Å². The number of aromatic nitrogens is 5. The second-order valence-electron chi connectivity index (χ2n) is 8.37. The third-order valence-corrected chi connectivity index (χ3v) is 5.99. The lowest BCUT2D eigenvalue weighted by molar-refractivity contribution is 0.628. The number of aryl methyl sites for hydroxylation is 1. The van der Waals surface area contributed by atoms with E-state index in [-0.39, 0.29) is 11.9 Å². The maximum absolute atomic E-state index is 13.6. The Hall–Kier alpha value is -3.87. The average molecular weight is 455 g/mol. The van der Waals surface area contributed by atoms with Crippen molar-refractivity contribution >= 4 is 12.0 Å². The van der Waals surface area contributed by atoms with Crippen LogP contribution in [0.2, 0.25) is 0 Å². The number of fused-ring (bicyclic) bond motifs is 1. The highest BCUT2D eigenvalue weighted by Gasteiger charge is 2.29. The molecular formula is C27H27FN6. The van der Waals surface area contributed by atoms with E-state index in [1.54, 1.807) is 24.5 Å². The summed E-state index contributed by atoms with van der Waals surface area (Å²) in [7, 11) is 0. The summed E-state index contributed by atoms with van der Waals surface area (Å²) in [6.07, 6.45) is 11.8. The van der Waals surface area contributed by atoms with Crippen LogP contribution < -0.4 is 5.32 Å². The Labute approximate surface area is 198 Å². The molecule has 0 bridgehead atoms. The normalized spacial score (nSPS) is 15.1. The summed E-state index contributed by atoms with van der Waals surface area (Å²) in [6.45, 7) is 2.98. The molecule has 0 aliphatic carbocycles. The molecule has 6 nitrogen and oxygen atoms in total. The van der Waals surface area contributed by atoms with Gasteiger partial charge < -0.3 is 9.88 Å². The fraction of sp³-hybridized carbons (Fsp3) is 0.259.